The average Bonchev–Trinajstić information content (AvgIpc) is 3.04. The number of piperidine rings is 3. The lowest BCUT2D eigenvalue weighted by Gasteiger charge is -2.44. The van der Waals surface area contributed by atoms with E-state index in [9.17, 15) is 4.79 Å². The molecule has 2 bridgehead atoms. The Kier molecular flexibility index (Phi) is 6.28. The minimum atomic E-state index is -0.290. The van der Waals surface area contributed by atoms with Crippen LogP contribution in [-0.2, 0) is 11.2 Å². The van der Waals surface area contributed by atoms with E-state index in [0.29, 0.717) is 16.7 Å². The molecule has 182 valence electrons. The molecular weight excluding hydrogens is 448 g/mol. The van der Waals surface area contributed by atoms with Gasteiger partial charge in [0.1, 0.15) is 11.9 Å². The highest BCUT2D eigenvalue weighted by Gasteiger charge is 2.42. The SMILES string of the molecule is CC(C)Oc1cc(-c2ccc3c(c2)CC(C)(C)[C@H]3NC(=O)O[C@H]2CN3CCC2CC3)ccc1Cl. The number of fused-ring (bicyclic) bond motifs is 4. The van der Waals surface area contributed by atoms with Crippen LogP contribution >= 0.6 is 11.6 Å². The van der Waals surface area contributed by atoms with Gasteiger partial charge < -0.3 is 14.8 Å². The fourth-order valence-corrected chi connectivity index (χ4v) is 6.03. The van der Waals surface area contributed by atoms with Crippen molar-refractivity contribution in [3.05, 3.63) is 52.5 Å². The summed E-state index contributed by atoms with van der Waals surface area (Å²) in [5.41, 5.74) is 4.53. The molecule has 6 rings (SSSR count). The molecule has 2 atom stereocenters. The van der Waals surface area contributed by atoms with Crippen molar-refractivity contribution in [3.8, 4) is 16.9 Å². The Balaban J connectivity index is 1.33. The number of hydrogen-bond acceptors (Lipinski definition) is 4. The maximum Gasteiger partial charge on any atom is 0.407 e. The Morgan fingerprint density at radius 3 is 2.50 bits per heavy atom. The van der Waals surface area contributed by atoms with Crippen molar-refractivity contribution >= 4 is 17.7 Å². The predicted molar refractivity (Wildman–Crippen MR) is 135 cm³/mol. The Morgan fingerprint density at radius 2 is 1.82 bits per heavy atom. The normalized spacial score (nSPS) is 26.9. The van der Waals surface area contributed by atoms with Crippen LogP contribution in [-0.4, -0.2) is 42.8 Å². The number of hydrogen-bond donors (Lipinski definition) is 1. The second-order valence-electron chi connectivity index (χ2n) is 11.0. The second kappa shape index (κ2) is 9.09. The number of nitrogens with one attached hydrogen (secondary N) is 1. The minimum Gasteiger partial charge on any atom is -0.489 e. The van der Waals surface area contributed by atoms with E-state index in [4.69, 9.17) is 21.1 Å². The first-order chi connectivity index (χ1) is 16.2. The van der Waals surface area contributed by atoms with Gasteiger partial charge in [-0.15, -0.1) is 0 Å². The summed E-state index contributed by atoms with van der Waals surface area (Å²) in [6.45, 7) is 11.6. The number of amides is 1. The highest BCUT2D eigenvalue weighted by molar-refractivity contribution is 6.32. The zero-order chi connectivity index (χ0) is 24.0. The number of carbonyl (C=O) groups is 1. The van der Waals surface area contributed by atoms with Gasteiger partial charge in [0.25, 0.3) is 0 Å². The molecule has 3 aliphatic heterocycles. The summed E-state index contributed by atoms with van der Waals surface area (Å²) in [6.07, 6.45) is 2.94. The summed E-state index contributed by atoms with van der Waals surface area (Å²) in [4.78, 5) is 15.3. The monoisotopic (exact) mass is 482 g/mol. The summed E-state index contributed by atoms with van der Waals surface area (Å²) < 4.78 is 11.8. The van der Waals surface area contributed by atoms with Gasteiger partial charge in [-0.1, -0.05) is 49.7 Å². The van der Waals surface area contributed by atoms with Gasteiger partial charge >= 0.3 is 6.09 Å². The first-order valence-corrected chi connectivity index (χ1v) is 12.9. The van der Waals surface area contributed by atoms with Crippen molar-refractivity contribution in [2.45, 2.75) is 65.2 Å². The van der Waals surface area contributed by atoms with E-state index in [2.05, 4.69) is 42.3 Å². The number of halogens is 1. The Morgan fingerprint density at radius 1 is 1.12 bits per heavy atom. The van der Waals surface area contributed by atoms with E-state index in [1.54, 1.807) is 0 Å². The van der Waals surface area contributed by atoms with E-state index < -0.39 is 0 Å². The summed E-state index contributed by atoms with van der Waals surface area (Å²) in [7, 11) is 0. The lowest BCUT2D eigenvalue weighted by molar-refractivity contribution is -0.0348. The van der Waals surface area contributed by atoms with Gasteiger partial charge in [0, 0.05) is 6.54 Å². The molecule has 1 N–H and O–H groups in total. The molecule has 0 radical (unpaired) electrons. The van der Waals surface area contributed by atoms with Crippen LogP contribution in [0.2, 0.25) is 5.02 Å². The van der Waals surface area contributed by atoms with Crippen LogP contribution in [0, 0.1) is 11.3 Å². The van der Waals surface area contributed by atoms with Crippen LogP contribution in [0.4, 0.5) is 4.79 Å². The van der Waals surface area contributed by atoms with Crippen molar-refractivity contribution < 1.29 is 14.3 Å². The molecule has 2 aromatic rings. The second-order valence-corrected chi connectivity index (χ2v) is 11.5. The number of carbonyl (C=O) groups excluding carboxylic acids is 1. The van der Waals surface area contributed by atoms with Gasteiger partial charge in [-0.2, -0.15) is 0 Å². The third kappa shape index (κ3) is 4.65. The van der Waals surface area contributed by atoms with E-state index >= 15 is 0 Å². The highest BCUT2D eigenvalue weighted by atomic mass is 35.5. The molecule has 4 aliphatic rings. The van der Waals surface area contributed by atoms with Crippen molar-refractivity contribution in [2.24, 2.45) is 11.3 Å². The molecule has 3 fully saturated rings. The lowest BCUT2D eigenvalue weighted by atomic mass is 9.85. The van der Waals surface area contributed by atoms with Crippen LogP contribution < -0.4 is 10.1 Å². The minimum absolute atomic E-state index is 0.0148. The van der Waals surface area contributed by atoms with Crippen molar-refractivity contribution in [1.29, 1.82) is 0 Å². The maximum atomic E-state index is 12.9. The van der Waals surface area contributed by atoms with Crippen LogP contribution in [0.1, 0.15) is 57.7 Å². The van der Waals surface area contributed by atoms with Gasteiger partial charge in [0.15, 0.2) is 0 Å². The smallest absolute Gasteiger partial charge is 0.407 e. The van der Waals surface area contributed by atoms with E-state index in [0.717, 1.165) is 50.0 Å². The Hall–Kier alpha value is -2.24. The van der Waals surface area contributed by atoms with Crippen LogP contribution in [0.3, 0.4) is 0 Å². The molecular formula is C28H35ClN2O3. The third-order valence-electron chi connectivity index (χ3n) is 7.63. The van der Waals surface area contributed by atoms with Gasteiger partial charge in [-0.3, -0.25) is 4.90 Å². The van der Waals surface area contributed by atoms with Gasteiger partial charge in [0.2, 0.25) is 0 Å². The number of ether oxygens (including phenoxy) is 2. The number of rotatable bonds is 5. The molecule has 0 unspecified atom stereocenters. The molecule has 34 heavy (non-hydrogen) atoms. The van der Waals surface area contributed by atoms with Crippen LogP contribution in [0.25, 0.3) is 11.1 Å². The first kappa shape index (κ1) is 23.5. The molecule has 0 spiro atoms. The molecule has 3 saturated heterocycles. The Bertz CT molecular complexity index is 1080. The molecule has 0 aromatic heterocycles. The summed E-state index contributed by atoms with van der Waals surface area (Å²) in [5.74, 6) is 1.20. The fraction of sp³-hybridized carbons (Fsp3) is 0.536. The quantitative estimate of drug-likeness (QED) is 0.548. The predicted octanol–water partition coefficient (Wildman–Crippen LogP) is 6.24. The number of alkyl carbamates (subject to hydrolysis) is 1. The van der Waals surface area contributed by atoms with E-state index in [1.807, 2.05) is 32.0 Å². The molecule has 6 heteroatoms. The Labute approximate surface area is 207 Å². The van der Waals surface area contributed by atoms with Crippen LogP contribution in [0.15, 0.2) is 36.4 Å². The summed E-state index contributed by atoms with van der Waals surface area (Å²) in [5, 5.41) is 3.83. The lowest BCUT2D eigenvalue weighted by Crippen LogP contribution is -2.53. The highest BCUT2D eigenvalue weighted by Crippen LogP contribution is 2.46. The molecule has 0 saturated carbocycles. The molecule has 1 aliphatic carbocycles. The van der Waals surface area contributed by atoms with Crippen molar-refractivity contribution in [3.63, 3.8) is 0 Å². The van der Waals surface area contributed by atoms with Crippen LogP contribution in [0.5, 0.6) is 5.75 Å². The van der Waals surface area contributed by atoms with Crippen molar-refractivity contribution in [1.82, 2.24) is 10.2 Å². The first-order valence-electron chi connectivity index (χ1n) is 12.5. The molecule has 1 amide bonds. The summed E-state index contributed by atoms with van der Waals surface area (Å²) in [6, 6.07) is 12.4. The summed E-state index contributed by atoms with van der Waals surface area (Å²) >= 11 is 6.34. The van der Waals surface area contributed by atoms with Gasteiger partial charge in [0.05, 0.1) is 17.2 Å². The zero-order valence-electron chi connectivity index (χ0n) is 20.6. The number of benzene rings is 2. The largest absolute Gasteiger partial charge is 0.489 e. The van der Waals surface area contributed by atoms with Gasteiger partial charge in [-0.05, 0) is 91.9 Å². The molecule has 2 aromatic carbocycles. The maximum absolute atomic E-state index is 12.9. The molecule has 3 heterocycles. The molecule has 5 nitrogen and oxygen atoms in total. The topological polar surface area (TPSA) is 50.8 Å². The fourth-order valence-electron chi connectivity index (χ4n) is 5.87. The number of nitrogens with zero attached hydrogens (tertiary/aromatic N) is 1. The third-order valence-corrected chi connectivity index (χ3v) is 7.94. The van der Waals surface area contributed by atoms with Crippen molar-refractivity contribution in [2.75, 3.05) is 19.6 Å². The average molecular weight is 483 g/mol. The van der Waals surface area contributed by atoms with E-state index in [1.165, 1.54) is 11.1 Å². The zero-order valence-corrected chi connectivity index (χ0v) is 21.3. The van der Waals surface area contributed by atoms with E-state index in [-0.39, 0.29) is 29.8 Å². The standard InChI is InChI=1S/C28H35ClN2O3/c1-17(2)33-24-14-20(6-8-23(24)29)19-5-7-22-21(13-19)15-28(3,4)26(22)30-27(32)34-25-16-31-11-9-18(25)10-12-31/h5-8,13-14,17-18,25-26H,9-12,15-16H2,1-4H3,(H,30,32)/t25-,26-/m0/s1. The van der Waals surface area contributed by atoms with Gasteiger partial charge in [-0.25, -0.2) is 4.79 Å².